The fourth-order valence-corrected chi connectivity index (χ4v) is 3.90. The molecule has 1 amide bonds. The van der Waals surface area contributed by atoms with Gasteiger partial charge in [0.05, 0.1) is 12.2 Å². The highest BCUT2D eigenvalue weighted by molar-refractivity contribution is 7.09. The number of hydrogen-bond donors (Lipinski definition) is 1. The van der Waals surface area contributed by atoms with Crippen LogP contribution in [0.15, 0.2) is 60.1 Å². The molecular weight excluding hydrogens is 380 g/mol. The number of thiazole rings is 1. The van der Waals surface area contributed by atoms with E-state index < -0.39 is 0 Å². The van der Waals surface area contributed by atoms with E-state index in [1.165, 1.54) is 5.56 Å². The van der Waals surface area contributed by atoms with Crippen molar-refractivity contribution in [2.24, 2.45) is 0 Å². The first kappa shape index (κ1) is 19.2. The van der Waals surface area contributed by atoms with E-state index in [1.54, 1.807) is 17.5 Å². The number of amides is 1. The summed E-state index contributed by atoms with van der Waals surface area (Å²) in [5, 5.41) is 6.95. The van der Waals surface area contributed by atoms with E-state index in [4.69, 9.17) is 0 Å². The number of carbonyl (C=O) groups is 1. The van der Waals surface area contributed by atoms with Crippen LogP contribution in [0.3, 0.4) is 0 Å². The van der Waals surface area contributed by atoms with E-state index in [0.717, 1.165) is 45.8 Å². The zero-order chi connectivity index (χ0) is 20.1. The van der Waals surface area contributed by atoms with Gasteiger partial charge in [-0.05, 0) is 50.1 Å². The lowest BCUT2D eigenvalue weighted by molar-refractivity contribution is -0.121. The predicted molar refractivity (Wildman–Crippen MR) is 117 cm³/mol. The lowest BCUT2D eigenvalue weighted by atomic mass is 10.1. The minimum Gasteiger partial charge on any atom is -0.350 e. The Bertz CT molecular complexity index is 1140. The van der Waals surface area contributed by atoms with Crippen LogP contribution in [0.4, 0.5) is 0 Å². The standard InChI is InChI=1S/C23H22N4OS/c1-16-5-2-6-18(13-16)20-15-29-22(27-20)14-25-21(28)9-3-8-19-11-10-17-7-4-12-24-23(17)26-19/h2,4-7,10-13,15H,3,8-9,14H2,1H3,(H,25,28). The summed E-state index contributed by atoms with van der Waals surface area (Å²) in [6.45, 7) is 2.54. The Hall–Kier alpha value is -3.12. The number of fused-ring (bicyclic) bond motifs is 1. The Kier molecular flexibility index (Phi) is 5.91. The van der Waals surface area contributed by atoms with Gasteiger partial charge in [0, 0.05) is 34.6 Å². The van der Waals surface area contributed by atoms with Gasteiger partial charge >= 0.3 is 0 Å². The number of nitrogens with zero attached hydrogens (tertiary/aromatic N) is 3. The minimum atomic E-state index is 0.0382. The molecule has 0 fully saturated rings. The zero-order valence-corrected chi connectivity index (χ0v) is 17.1. The molecule has 6 heteroatoms. The number of benzene rings is 1. The van der Waals surface area contributed by atoms with Crippen molar-refractivity contribution in [3.63, 3.8) is 0 Å². The second-order valence-electron chi connectivity index (χ2n) is 6.98. The molecular formula is C23H22N4OS. The number of aromatic nitrogens is 3. The lowest BCUT2D eigenvalue weighted by Crippen LogP contribution is -2.22. The minimum absolute atomic E-state index is 0.0382. The molecule has 0 saturated carbocycles. The van der Waals surface area contributed by atoms with E-state index in [9.17, 15) is 4.79 Å². The van der Waals surface area contributed by atoms with Gasteiger partial charge in [0.25, 0.3) is 0 Å². The molecule has 29 heavy (non-hydrogen) atoms. The summed E-state index contributed by atoms with van der Waals surface area (Å²) < 4.78 is 0. The van der Waals surface area contributed by atoms with Crippen molar-refractivity contribution in [1.29, 1.82) is 0 Å². The van der Waals surface area contributed by atoms with Crippen molar-refractivity contribution in [2.75, 3.05) is 0 Å². The predicted octanol–water partition coefficient (Wildman–Crippen LogP) is 4.70. The third-order valence-corrected chi connectivity index (χ3v) is 5.51. The second kappa shape index (κ2) is 8.92. The van der Waals surface area contributed by atoms with Crippen LogP contribution in [-0.2, 0) is 17.8 Å². The Morgan fingerprint density at radius 2 is 2.03 bits per heavy atom. The van der Waals surface area contributed by atoms with Crippen LogP contribution in [-0.4, -0.2) is 20.9 Å². The quantitative estimate of drug-likeness (QED) is 0.486. The summed E-state index contributed by atoms with van der Waals surface area (Å²) in [7, 11) is 0. The summed E-state index contributed by atoms with van der Waals surface area (Å²) in [6, 6.07) is 16.2. The SMILES string of the molecule is Cc1cccc(-c2csc(CNC(=O)CCCc3ccc4cccnc4n3)n2)c1. The molecule has 0 aliphatic rings. The molecule has 4 rings (SSSR count). The smallest absolute Gasteiger partial charge is 0.220 e. The zero-order valence-electron chi connectivity index (χ0n) is 16.3. The number of hydrogen-bond acceptors (Lipinski definition) is 5. The first-order valence-electron chi connectivity index (χ1n) is 9.66. The first-order chi connectivity index (χ1) is 14.2. The molecule has 0 saturated heterocycles. The lowest BCUT2D eigenvalue weighted by Gasteiger charge is -2.04. The van der Waals surface area contributed by atoms with Gasteiger partial charge in [0.15, 0.2) is 5.65 Å². The van der Waals surface area contributed by atoms with Crippen molar-refractivity contribution >= 4 is 28.3 Å². The van der Waals surface area contributed by atoms with E-state index in [0.29, 0.717) is 13.0 Å². The summed E-state index contributed by atoms with van der Waals surface area (Å²) in [6.07, 6.45) is 3.73. The van der Waals surface area contributed by atoms with Gasteiger partial charge in [-0.15, -0.1) is 11.3 Å². The van der Waals surface area contributed by atoms with Gasteiger partial charge < -0.3 is 5.32 Å². The van der Waals surface area contributed by atoms with Gasteiger partial charge in [0.1, 0.15) is 5.01 Å². The fraction of sp³-hybridized carbons (Fsp3) is 0.217. The number of pyridine rings is 2. The molecule has 146 valence electrons. The van der Waals surface area contributed by atoms with Gasteiger partial charge in [-0.3, -0.25) is 4.79 Å². The van der Waals surface area contributed by atoms with Crippen LogP contribution in [0.2, 0.25) is 0 Å². The Morgan fingerprint density at radius 3 is 2.93 bits per heavy atom. The first-order valence-corrected chi connectivity index (χ1v) is 10.5. The van der Waals surface area contributed by atoms with Crippen molar-refractivity contribution in [2.45, 2.75) is 32.7 Å². The molecule has 5 nitrogen and oxygen atoms in total. The monoisotopic (exact) mass is 402 g/mol. The van der Waals surface area contributed by atoms with Crippen molar-refractivity contribution in [3.05, 3.63) is 76.4 Å². The Balaban J connectivity index is 1.25. The van der Waals surface area contributed by atoms with Crippen molar-refractivity contribution in [3.8, 4) is 11.3 Å². The van der Waals surface area contributed by atoms with E-state index in [1.807, 2.05) is 35.7 Å². The maximum atomic E-state index is 12.2. The molecule has 1 aromatic carbocycles. The third kappa shape index (κ3) is 5.03. The Labute approximate surface area is 173 Å². The summed E-state index contributed by atoms with van der Waals surface area (Å²) in [4.78, 5) is 25.6. The summed E-state index contributed by atoms with van der Waals surface area (Å²) in [5.41, 5.74) is 4.99. The maximum absolute atomic E-state index is 12.2. The number of carbonyl (C=O) groups excluding carboxylic acids is 1. The van der Waals surface area contributed by atoms with Crippen LogP contribution >= 0.6 is 11.3 Å². The van der Waals surface area contributed by atoms with Gasteiger partial charge in [0.2, 0.25) is 5.91 Å². The van der Waals surface area contributed by atoms with Crippen LogP contribution < -0.4 is 5.32 Å². The van der Waals surface area contributed by atoms with Crippen LogP contribution in [0.25, 0.3) is 22.3 Å². The molecule has 0 atom stereocenters. The van der Waals surface area contributed by atoms with Crippen LogP contribution in [0.1, 0.15) is 29.1 Å². The van der Waals surface area contributed by atoms with Gasteiger partial charge in [-0.25, -0.2) is 15.0 Å². The van der Waals surface area contributed by atoms with E-state index in [2.05, 4.69) is 45.4 Å². The topological polar surface area (TPSA) is 67.8 Å². The molecule has 0 unspecified atom stereocenters. The third-order valence-electron chi connectivity index (χ3n) is 4.66. The number of rotatable bonds is 7. The highest BCUT2D eigenvalue weighted by Gasteiger charge is 2.07. The molecule has 0 aliphatic heterocycles. The highest BCUT2D eigenvalue weighted by Crippen LogP contribution is 2.22. The summed E-state index contributed by atoms with van der Waals surface area (Å²) in [5.74, 6) is 0.0382. The molecule has 0 aliphatic carbocycles. The van der Waals surface area contributed by atoms with Crippen LogP contribution in [0, 0.1) is 6.92 Å². The molecule has 3 aromatic heterocycles. The van der Waals surface area contributed by atoms with Crippen molar-refractivity contribution < 1.29 is 4.79 Å². The average Bonchev–Trinajstić information content (AvgIpc) is 3.21. The average molecular weight is 403 g/mol. The van der Waals surface area contributed by atoms with Gasteiger partial charge in [-0.2, -0.15) is 0 Å². The van der Waals surface area contributed by atoms with E-state index in [-0.39, 0.29) is 5.91 Å². The molecule has 4 aromatic rings. The highest BCUT2D eigenvalue weighted by atomic mass is 32.1. The number of aryl methyl sites for hydroxylation is 2. The molecule has 3 heterocycles. The fourth-order valence-electron chi connectivity index (χ4n) is 3.15. The largest absolute Gasteiger partial charge is 0.350 e. The Morgan fingerprint density at radius 1 is 1.10 bits per heavy atom. The summed E-state index contributed by atoms with van der Waals surface area (Å²) >= 11 is 1.57. The number of nitrogens with one attached hydrogen (secondary N) is 1. The molecule has 0 radical (unpaired) electrons. The van der Waals surface area contributed by atoms with Crippen LogP contribution in [0.5, 0.6) is 0 Å². The maximum Gasteiger partial charge on any atom is 0.220 e. The molecule has 1 N–H and O–H groups in total. The van der Waals surface area contributed by atoms with E-state index >= 15 is 0 Å². The molecule has 0 spiro atoms. The van der Waals surface area contributed by atoms with Crippen molar-refractivity contribution in [1.82, 2.24) is 20.3 Å². The second-order valence-corrected chi connectivity index (χ2v) is 7.92. The molecule has 0 bridgehead atoms. The normalized spacial score (nSPS) is 10.9. The van der Waals surface area contributed by atoms with Gasteiger partial charge in [-0.1, -0.05) is 23.8 Å².